The lowest BCUT2D eigenvalue weighted by atomic mass is 10.2. The van der Waals surface area contributed by atoms with Crippen LogP contribution in [0.4, 0.5) is 4.39 Å². The molecule has 1 aromatic rings. The molecule has 0 aromatic heterocycles. The third-order valence-corrected chi connectivity index (χ3v) is 5.37. The molecule has 0 N–H and O–H groups in total. The standard InChI is InChI=1S/C12H13ClFNO4S/c1-19-12(16)11-3-2-6-15(11)20(17,18)8-4-5-10(14)9(13)7-8/h4-5,7,11H,2-3,6H2,1H3. The SMILES string of the molecule is COC(=O)C1CCCN1S(=O)(=O)c1ccc(F)c(Cl)c1. The van der Waals surface area contributed by atoms with Crippen LogP contribution in [0.5, 0.6) is 0 Å². The van der Waals surface area contributed by atoms with Gasteiger partial charge in [-0.3, -0.25) is 4.79 Å². The van der Waals surface area contributed by atoms with E-state index >= 15 is 0 Å². The lowest BCUT2D eigenvalue weighted by Crippen LogP contribution is -2.41. The highest BCUT2D eigenvalue weighted by molar-refractivity contribution is 7.89. The van der Waals surface area contributed by atoms with Gasteiger partial charge in [0, 0.05) is 6.54 Å². The van der Waals surface area contributed by atoms with E-state index in [9.17, 15) is 17.6 Å². The van der Waals surface area contributed by atoms with Gasteiger partial charge in [-0.1, -0.05) is 11.6 Å². The zero-order valence-corrected chi connectivity index (χ0v) is 12.2. The van der Waals surface area contributed by atoms with Crippen molar-refractivity contribution in [2.75, 3.05) is 13.7 Å². The molecule has 8 heteroatoms. The molecule has 1 atom stereocenters. The number of rotatable bonds is 3. The van der Waals surface area contributed by atoms with Gasteiger partial charge >= 0.3 is 5.97 Å². The Balaban J connectivity index is 2.38. The molecule has 1 aliphatic heterocycles. The summed E-state index contributed by atoms with van der Waals surface area (Å²) in [5.74, 6) is -1.30. The molecule has 20 heavy (non-hydrogen) atoms. The summed E-state index contributed by atoms with van der Waals surface area (Å²) >= 11 is 5.60. The second-order valence-electron chi connectivity index (χ2n) is 4.37. The molecule has 5 nitrogen and oxygen atoms in total. The number of esters is 1. The molecule has 1 saturated heterocycles. The Morgan fingerprint density at radius 2 is 2.20 bits per heavy atom. The smallest absolute Gasteiger partial charge is 0.324 e. The van der Waals surface area contributed by atoms with Gasteiger partial charge in [0.25, 0.3) is 0 Å². The lowest BCUT2D eigenvalue weighted by molar-refractivity contribution is -0.144. The topological polar surface area (TPSA) is 63.7 Å². The monoisotopic (exact) mass is 321 g/mol. The van der Waals surface area contributed by atoms with Gasteiger partial charge in [-0.05, 0) is 31.0 Å². The van der Waals surface area contributed by atoms with Crippen molar-refractivity contribution in [3.8, 4) is 0 Å². The van der Waals surface area contributed by atoms with Gasteiger partial charge in [0.1, 0.15) is 11.9 Å². The van der Waals surface area contributed by atoms with Gasteiger partial charge < -0.3 is 4.74 Å². The molecule has 1 fully saturated rings. The van der Waals surface area contributed by atoms with Crippen molar-refractivity contribution in [1.29, 1.82) is 0 Å². The van der Waals surface area contributed by atoms with Gasteiger partial charge in [0.05, 0.1) is 17.0 Å². The molecule has 1 aliphatic rings. The van der Waals surface area contributed by atoms with E-state index in [1.54, 1.807) is 0 Å². The Morgan fingerprint density at radius 3 is 2.80 bits per heavy atom. The van der Waals surface area contributed by atoms with Gasteiger partial charge in [0.2, 0.25) is 10.0 Å². The predicted molar refractivity (Wildman–Crippen MR) is 70.3 cm³/mol. The Labute approximate surface area is 121 Å². The van der Waals surface area contributed by atoms with Crippen molar-refractivity contribution >= 4 is 27.6 Å². The van der Waals surface area contributed by atoms with Crippen LogP contribution in [0.15, 0.2) is 23.1 Å². The van der Waals surface area contributed by atoms with Crippen molar-refractivity contribution in [2.24, 2.45) is 0 Å². The number of halogens is 2. The number of nitrogens with zero attached hydrogens (tertiary/aromatic N) is 1. The van der Waals surface area contributed by atoms with Gasteiger partial charge in [-0.15, -0.1) is 0 Å². The minimum atomic E-state index is -3.90. The zero-order chi connectivity index (χ0) is 14.9. The van der Waals surface area contributed by atoms with E-state index in [4.69, 9.17) is 11.6 Å². The summed E-state index contributed by atoms with van der Waals surface area (Å²) in [6, 6.07) is 2.31. The van der Waals surface area contributed by atoms with E-state index in [2.05, 4.69) is 4.74 Å². The van der Waals surface area contributed by atoms with E-state index in [1.165, 1.54) is 7.11 Å². The maximum absolute atomic E-state index is 13.1. The molecule has 0 bridgehead atoms. The summed E-state index contributed by atoms with van der Waals surface area (Å²) in [6.45, 7) is 0.219. The van der Waals surface area contributed by atoms with Crippen molar-refractivity contribution in [3.63, 3.8) is 0 Å². The maximum Gasteiger partial charge on any atom is 0.324 e. The van der Waals surface area contributed by atoms with Gasteiger partial charge in [-0.25, -0.2) is 12.8 Å². The predicted octanol–water partition coefficient (Wildman–Crippen LogP) is 1.81. The first-order chi connectivity index (χ1) is 9.37. The fourth-order valence-electron chi connectivity index (χ4n) is 2.17. The van der Waals surface area contributed by atoms with Crippen LogP contribution in [0.2, 0.25) is 5.02 Å². The van der Waals surface area contributed by atoms with Crippen molar-refractivity contribution < 1.29 is 22.3 Å². The molecule has 0 amide bonds. The number of carbonyl (C=O) groups is 1. The van der Waals surface area contributed by atoms with Crippen LogP contribution < -0.4 is 0 Å². The molecular weight excluding hydrogens is 309 g/mol. The van der Waals surface area contributed by atoms with Crippen LogP contribution in [-0.4, -0.2) is 38.4 Å². The molecular formula is C12H13ClFNO4S. The highest BCUT2D eigenvalue weighted by atomic mass is 35.5. The Hall–Kier alpha value is -1.18. The van der Waals surface area contributed by atoms with E-state index in [0.717, 1.165) is 22.5 Å². The third-order valence-electron chi connectivity index (χ3n) is 3.17. The minimum Gasteiger partial charge on any atom is -0.468 e. The highest BCUT2D eigenvalue weighted by Crippen LogP contribution is 2.28. The first kappa shape index (κ1) is 15.2. The lowest BCUT2D eigenvalue weighted by Gasteiger charge is -2.22. The van der Waals surface area contributed by atoms with E-state index in [1.807, 2.05) is 0 Å². The van der Waals surface area contributed by atoms with Crippen LogP contribution in [0, 0.1) is 5.82 Å². The summed E-state index contributed by atoms with van der Waals surface area (Å²) < 4.78 is 43.7. The quantitative estimate of drug-likeness (QED) is 0.796. The molecule has 1 heterocycles. The van der Waals surface area contributed by atoms with E-state index < -0.39 is 27.9 Å². The molecule has 0 radical (unpaired) electrons. The van der Waals surface area contributed by atoms with Crippen molar-refractivity contribution in [2.45, 2.75) is 23.8 Å². The summed E-state index contributed by atoms with van der Waals surface area (Å²) in [5.41, 5.74) is 0. The Bertz CT molecular complexity index is 634. The first-order valence-electron chi connectivity index (χ1n) is 5.92. The number of hydrogen-bond donors (Lipinski definition) is 0. The van der Waals surface area contributed by atoms with Crippen LogP contribution in [-0.2, 0) is 19.6 Å². The number of hydrogen-bond acceptors (Lipinski definition) is 4. The zero-order valence-electron chi connectivity index (χ0n) is 10.7. The van der Waals surface area contributed by atoms with Gasteiger partial charge in [0.15, 0.2) is 0 Å². The molecule has 2 rings (SSSR count). The number of benzene rings is 1. The summed E-state index contributed by atoms with van der Waals surface area (Å²) in [6.07, 6.45) is 0.967. The fraction of sp³-hybridized carbons (Fsp3) is 0.417. The summed E-state index contributed by atoms with van der Waals surface area (Å²) in [5, 5.41) is -0.278. The van der Waals surface area contributed by atoms with Crippen LogP contribution >= 0.6 is 11.6 Å². The highest BCUT2D eigenvalue weighted by Gasteiger charge is 2.40. The van der Waals surface area contributed by atoms with Crippen LogP contribution in [0.1, 0.15) is 12.8 Å². The fourth-order valence-corrected chi connectivity index (χ4v) is 4.09. The normalized spacial score (nSPS) is 20.1. The van der Waals surface area contributed by atoms with Gasteiger partial charge in [-0.2, -0.15) is 4.31 Å². The van der Waals surface area contributed by atoms with Crippen molar-refractivity contribution in [3.05, 3.63) is 29.0 Å². The first-order valence-corrected chi connectivity index (χ1v) is 7.74. The van der Waals surface area contributed by atoms with Crippen LogP contribution in [0.25, 0.3) is 0 Å². The number of ether oxygens (including phenoxy) is 1. The third kappa shape index (κ3) is 2.65. The van der Waals surface area contributed by atoms with E-state index in [-0.39, 0.29) is 16.5 Å². The second-order valence-corrected chi connectivity index (χ2v) is 6.67. The molecule has 0 aliphatic carbocycles. The average molecular weight is 322 g/mol. The molecule has 0 saturated carbocycles. The largest absolute Gasteiger partial charge is 0.468 e. The summed E-state index contributed by atoms with van der Waals surface area (Å²) in [4.78, 5) is 11.5. The van der Waals surface area contributed by atoms with Crippen LogP contribution in [0.3, 0.4) is 0 Å². The average Bonchev–Trinajstić information content (AvgIpc) is 2.90. The Kier molecular flexibility index (Phi) is 4.31. The minimum absolute atomic E-state index is 0.139. The molecule has 1 aromatic carbocycles. The maximum atomic E-state index is 13.1. The molecule has 0 spiro atoms. The van der Waals surface area contributed by atoms with Crippen molar-refractivity contribution in [1.82, 2.24) is 4.31 Å². The molecule has 110 valence electrons. The Morgan fingerprint density at radius 1 is 1.50 bits per heavy atom. The number of methoxy groups -OCH3 is 1. The molecule has 1 unspecified atom stereocenters. The van der Waals surface area contributed by atoms with E-state index in [0.29, 0.717) is 12.8 Å². The number of sulfonamides is 1. The number of carbonyl (C=O) groups excluding carboxylic acids is 1. The summed E-state index contributed by atoms with van der Waals surface area (Å²) in [7, 11) is -2.69. The second kappa shape index (κ2) is 5.67.